The van der Waals surface area contributed by atoms with E-state index in [9.17, 15) is 4.79 Å². The van der Waals surface area contributed by atoms with Crippen LogP contribution in [0.25, 0.3) is 11.4 Å². The number of nitrogens with zero attached hydrogens (tertiary/aromatic N) is 2. The van der Waals surface area contributed by atoms with E-state index >= 15 is 0 Å². The molecule has 6 heteroatoms. The van der Waals surface area contributed by atoms with Gasteiger partial charge in [0.15, 0.2) is 10.2 Å². The van der Waals surface area contributed by atoms with Gasteiger partial charge in [-0.15, -0.1) is 0 Å². The average molecular weight is 355 g/mol. The Morgan fingerprint density at radius 1 is 1.12 bits per heavy atom. The Morgan fingerprint density at radius 2 is 1.92 bits per heavy atom. The molecule has 0 spiro atoms. The lowest BCUT2D eigenvalue weighted by Gasteiger charge is -2.04. The van der Waals surface area contributed by atoms with Crippen molar-refractivity contribution < 1.29 is 4.79 Å². The fourth-order valence-electron chi connectivity index (χ4n) is 2.13. The summed E-state index contributed by atoms with van der Waals surface area (Å²) in [6.45, 7) is 4.06. The van der Waals surface area contributed by atoms with Gasteiger partial charge < -0.3 is 5.32 Å². The number of amides is 1. The number of nitrogens with one attached hydrogen (secondary N) is 1. The first kappa shape index (κ1) is 16.7. The Labute approximate surface area is 149 Å². The molecule has 24 heavy (non-hydrogen) atoms. The van der Waals surface area contributed by atoms with E-state index in [0.717, 1.165) is 15.6 Å². The maximum atomic E-state index is 12.0. The number of carbonyl (C=O) groups excluding carboxylic acids is 1. The molecule has 1 N–H and O–H groups in total. The molecule has 0 aliphatic rings. The zero-order valence-electron chi connectivity index (χ0n) is 13.4. The van der Waals surface area contributed by atoms with E-state index in [4.69, 9.17) is 0 Å². The molecule has 1 amide bonds. The standard InChI is InChI=1S/C18H17N3OS2/c1-12-6-8-15(9-7-12)19-16(22)11-23-18-20-17(21-24-18)14-5-3-4-13(2)10-14/h3-10H,11H2,1-2H3,(H,19,22). The lowest BCUT2D eigenvalue weighted by atomic mass is 10.1. The number of thioether (sulfide) groups is 1. The first-order valence-corrected chi connectivity index (χ1v) is 9.26. The molecule has 0 unspecified atom stereocenters. The molecule has 0 saturated heterocycles. The predicted molar refractivity (Wildman–Crippen MR) is 101 cm³/mol. The minimum atomic E-state index is -0.0452. The van der Waals surface area contributed by atoms with Crippen LogP contribution in [0.3, 0.4) is 0 Å². The summed E-state index contributed by atoms with van der Waals surface area (Å²) in [5, 5.41) is 2.88. The summed E-state index contributed by atoms with van der Waals surface area (Å²) in [6, 6.07) is 15.8. The zero-order chi connectivity index (χ0) is 16.9. The predicted octanol–water partition coefficient (Wildman–Crippen LogP) is 4.55. The van der Waals surface area contributed by atoms with E-state index < -0.39 is 0 Å². The second-order valence-electron chi connectivity index (χ2n) is 5.46. The fourth-order valence-corrected chi connectivity index (χ4v) is 3.55. The van der Waals surface area contributed by atoms with E-state index in [1.165, 1.54) is 34.4 Å². The molecule has 1 heterocycles. The fraction of sp³-hybridized carbons (Fsp3) is 0.167. The lowest BCUT2D eigenvalue weighted by molar-refractivity contribution is -0.113. The van der Waals surface area contributed by atoms with Crippen LogP contribution in [-0.4, -0.2) is 21.0 Å². The summed E-state index contributed by atoms with van der Waals surface area (Å²) in [5.41, 5.74) is 4.15. The van der Waals surface area contributed by atoms with Crippen LogP contribution in [0.4, 0.5) is 5.69 Å². The van der Waals surface area contributed by atoms with Gasteiger partial charge in [-0.1, -0.05) is 53.2 Å². The average Bonchev–Trinajstić information content (AvgIpc) is 3.04. The Morgan fingerprint density at radius 3 is 2.67 bits per heavy atom. The quantitative estimate of drug-likeness (QED) is 0.682. The molecule has 4 nitrogen and oxygen atoms in total. The van der Waals surface area contributed by atoms with Crippen LogP contribution in [0, 0.1) is 13.8 Å². The second kappa shape index (κ2) is 7.59. The van der Waals surface area contributed by atoms with Crippen molar-refractivity contribution in [2.75, 3.05) is 11.1 Å². The third-order valence-corrected chi connectivity index (χ3v) is 5.18. The first-order chi connectivity index (χ1) is 11.6. The van der Waals surface area contributed by atoms with Gasteiger partial charge in [-0.25, -0.2) is 4.98 Å². The minimum Gasteiger partial charge on any atom is -0.325 e. The van der Waals surface area contributed by atoms with E-state index in [2.05, 4.69) is 20.7 Å². The molecule has 0 saturated carbocycles. The maximum Gasteiger partial charge on any atom is 0.234 e. The van der Waals surface area contributed by atoms with Crippen LogP contribution in [0.2, 0.25) is 0 Å². The molecule has 0 atom stereocenters. The highest BCUT2D eigenvalue weighted by Crippen LogP contribution is 2.25. The van der Waals surface area contributed by atoms with Gasteiger partial charge in [-0.05, 0) is 43.6 Å². The van der Waals surface area contributed by atoms with Crippen molar-refractivity contribution in [3.8, 4) is 11.4 Å². The Balaban J connectivity index is 1.57. The highest BCUT2D eigenvalue weighted by atomic mass is 32.2. The zero-order valence-corrected chi connectivity index (χ0v) is 15.1. The van der Waals surface area contributed by atoms with Crippen molar-refractivity contribution in [1.29, 1.82) is 0 Å². The van der Waals surface area contributed by atoms with Crippen molar-refractivity contribution in [3.63, 3.8) is 0 Å². The molecule has 122 valence electrons. The monoisotopic (exact) mass is 355 g/mol. The highest BCUT2D eigenvalue weighted by molar-refractivity contribution is 8.01. The molecule has 0 fully saturated rings. The second-order valence-corrected chi connectivity index (χ2v) is 7.43. The van der Waals surface area contributed by atoms with Gasteiger partial charge in [-0.3, -0.25) is 4.79 Å². The molecule has 0 bridgehead atoms. The van der Waals surface area contributed by atoms with Crippen molar-refractivity contribution in [3.05, 3.63) is 59.7 Å². The number of hydrogen-bond acceptors (Lipinski definition) is 5. The van der Waals surface area contributed by atoms with Gasteiger partial charge in [0, 0.05) is 11.3 Å². The minimum absolute atomic E-state index is 0.0452. The van der Waals surface area contributed by atoms with Crippen LogP contribution in [0.15, 0.2) is 52.9 Å². The van der Waals surface area contributed by atoms with E-state index in [1.807, 2.05) is 56.3 Å². The van der Waals surface area contributed by atoms with Crippen LogP contribution in [0.1, 0.15) is 11.1 Å². The number of hydrogen-bond donors (Lipinski definition) is 1. The van der Waals surface area contributed by atoms with Crippen molar-refractivity contribution in [2.24, 2.45) is 0 Å². The smallest absolute Gasteiger partial charge is 0.234 e. The number of anilines is 1. The summed E-state index contributed by atoms with van der Waals surface area (Å²) in [7, 11) is 0. The summed E-state index contributed by atoms with van der Waals surface area (Å²) in [4.78, 5) is 16.5. The van der Waals surface area contributed by atoms with Crippen molar-refractivity contribution in [1.82, 2.24) is 9.36 Å². The van der Waals surface area contributed by atoms with Crippen molar-refractivity contribution in [2.45, 2.75) is 18.2 Å². The lowest BCUT2D eigenvalue weighted by Crippen LogP contribution is -2.13. The van der Waals surface area contributed by atoms with Gasteiger partial charge in [0.25, 0.3) is 0 Å². The van der Waals surface area contributed by atoms with Gasteiger partial charge in [0.05, 0.1) is 5.75 Å². The van der Waals surface area contributed by atoms with E-state index in [0.29, 0.717) is 11.6 Å². The molecule has 3 rings (SSSR count). The molecule has 2 aromatic carbocycles. The molecular weight excluding hydrogens is 338 g/mol. The Kier molecular flexibility index (Phi) is 5.27. The largest absolute Gasteiger partial charge is 0.325 e. The summed E-state index contributed by atoms with van der Waals surface area (Å²) < 4.78 is 5.17. The number of aryl methyl sites for hydroxylation is 2. The van der Waals surface area contributed by atoms with Crippen LogP contribution >= 0.6 is 23.3 Å². The van der Waals surface area contributed by atoms with Crippen LogP contribution < -0.4 is 5.32 Å². The Bertz CT molecular complexity index is 843. The van der Waals surface area contributed by atoms with Gasteiger partial charge in [0.1, 0.15) is 0 Å². The maximum absolute atomic E-state index is 12.0. The van der Waals surface area contributed by atoms with Gasteiger partial charge in [0.2, 0.25) is 5.91 Å². The normalized spacial score (nSPS) is 10.6. The first-order valence-electron chi connectivity index (χ1n) is 7.50. The Hall–Kier alpha value is -2.18. The van der Waals surface area contributed by atoms with Crippen molar-refractivity contribution >= 4 is 34.9 Å². The SMILES string of the molecule is Cc1ccc(NC(=O)CSc2nc(-c3cccc(C)c3)ns2)cc1. The van der Waals surface area contributed by atoms with Crippen LogP contribution in [-0.2, 0) is 4.79 Å². The summed E-state index contributed by atoms with van der Waals surface area (Å²) in [6.07, 6.45) is 0. The van der Waals surface area contributed by atoms with Gasteiger partial charge >= 0.3 is 0 Å². The molecule has 0 aliphatic heterocycles. The number of aromatic nitrogens is 2. The molecule has 3 aromatic rings. The summed E-state index contributed by atoms with van der Waals surface area (Å²) >= 11 is 2.73. The third kappa shape index (κ3) is 4.43. The molecule has 0 radical (unpaired) electrons. The summed E-state index contributed by atoms with van der Waals surface area (Å²) in [5.74, 6) is 0.984. The third-order valence-electron chi connectivity index (χ3n) is 3.35. The topological polar surface area (TPSA) is 54.9 Å². The van der Waals surface area contributed by atoms with Gasteiger partial charge in [-0.2, -0.15) is 4.37 Å². The number of carbonyl (C=O) groups is 1. The van der Waals surface area contributed by atoms with E-state index in [-0.39, 0.29) is 5.91 Å². The molecular formula is C18H17N3OS2. The number of benzene rings is 2. The molecule has 0 aliphatic carbocycles. The van der Waals surface area contributed by atoms with Crippen LogP contribution in [0.5, 0.6) is 0 Å². The highest BCUT2D eigenvalue weighted by Gasteiger charge is 2.10. The van der Waals surface area contributed by atoms with E-state index in [1.54, 1.807) is 0 Å². The molecule has 1 aromatic heterocycles. The number of rotatable bonds is 5.